The molecule has 16 heavy (non-hydrogen) atoms. The summed E-state index contributed by atoms with van der Waals surface area (Å²) >= 11 is 7.23. The molecule has 1 atom stereocenters. The number of carbonyl (C=O) groups excluding carboxylic acids is 1. The number of benzene rings is 1. The second-order valence-corrected chi connectivity index (χ2v) is 5.18. The van der Waals surface area contributed by atoms with Gasteiger partial charge in [-0.1, -0.05) is 12.1 Å². The Hall–Kier alpha value is -1.13. The van der Waals surface area contributed by atoms with E-state index in [0.717, 1.165) is 15.2 Å². The van der Waals surface area contributed by atoms with E-state index < -0.39 is 5.38 Å². The monoisotopic (exact) mass is 254 g/mol. The van der Waals surface area contributed by atoms with Crippen molar-refractivity contribution in [3.63, 3.8) is 0 Å². The number of alkyl halides is 1. The molecule has 0 radical (unpaired) electrons. The van der Waals surface area contributed by atoms with Gasteiger partial charge in [-0.25, -0.2) is 4.98 Å². The molecule has 84 valence electrons. The fourth-order valence-electron chi connectivity index (χ4n) is 1.30. The smallest absolute Gasteiger partial charge is 0.238 e. The molecule has 0 aliphatic carbocycles. The predicted molar refractivity (Wildman–Crippen MR) is 66.8 cm³/mol. The van der Waals surface area contributed by atoms with Gasteiger partial charge in [0.1, 0.15) is 10.4 Å². The van der Waals surface area contributed by atoms with Crippen molar-refractivity contribution in [2.75, 3.05) is 0 Å². The summed E-state index contributed by atoms with van der Waals surface area (Å²) in [5.41, 5.74) is 0.968. The van der Waals surface area contributed by atoms with Crippen molar-refractivity contribution in [2.45, 2.75) is 18.8 Å². The van der Waals surface area contributed by atoms with Crippen molar-refractivity contribution in [3.8, 4) is 0 Å². The third-order valence-electron chi connectivity index (χ3n) is 2.11. The third-order valence-corrected chi connectivity index (χ3v) is 3.35. The van der Waals surface area contributed by atoms with Gasteiger partial charge in [-0.05, 0) is 19.1 Å². The summed E-state index contributed by atoms with van der Waals surface area (Å²) in [6.07, 6.45) is 0. The van der Waals surface area contributed by atoms with Crippen LogP contribution in [0.2, 0.25) is 0 Å². The molecule has 0 bridgehead atoms. The summed E-state index contributed by atoms with van der Waals surface area (Å²) in [6, 6.07) is 7.90. The fourth-order valence-corrected chi connectivity index (χ4v) is 2.28. The first kappa shape index (κ1) is 11.4. The second-order valence-electron chi connectivity index (χ2n) is 3.41. The number of halogens is 1. The van der Waals surface area contributed by atoms with Crippen LogP contribution in [0.25, 0.3) is 10.2 Å². The first-order valence-corrected chi connectivity index (χ1v) is 6.18. The van der Waals surface area contributed by atoms with E-state index >= 15 is 0 Å². The normalized spacial score (nSPS) is 12.6. The molecular formula is C11H11ClN2OS. The largest absolute Gasteiger partial charge is 0.348 e. The number of para-hydroxylation sites is 1. The van der Waals surface area contributed by atoms with Crippen LogP contribution in [0.15, 0.2) is 24.3 Å². The lowest BCUT2D eigenvalue weighted by Gasteiger charge is -2.03. The van der Waals surface area contributed by atoms with E-state index in [1.54, 1.807) is 18.3 Å². The molecule has 1 N–H and O–H groups in total. The zero-order valence-electron chi connectivity index (χ0n) is 8.74. The van der Waals surface area contributed by atoms with Gasteiger partial charge in [0.15, 0.2) is 0 Å². The van der Waals surface area contributed by atoms with Crippen molar-refractivity contribution >= 4 is 39.1 Å². The van der Waals surface area contributed by atoms with E-state index in [9.17, 15) is 4.79 Å². The van der Waals surface area contributed by atoms with Gasteiger partial charge in [0.25, 0.3) is 0 Å². The molecule has 0 spiro atoms. The SMILES string of the molecule is CC(Cl)C(=O)NCc1nc2ccccc2s1. The summed E-state index contributed by atoms with van der Waals surface area (Å²) in [5, 5.41) is 3.13. The van der Waals surface area contributed by atoms with Crippen molar-refractivity contribution in [3.05, 3.63) is 29.3 Å². The highest BCUT2D eigenvalue weighted by molar-refractivity contribution is 7.18. The molecule has 0 aliphatic rings. The zero-order valence-corrected chi connectivity index (χ0v) is 10.3. The number of aromatic nitrogens is 1. The molecule has 0 saturated heterocycles. The molecule has 1 aromatic carbocycles. The Labute approximate surface area is 102 Å². The number of amides is 1. The van der Waals surface area contributed by atoms with Crippen LogP contribution in [-0.4, -0.2) is 16.3 Å². The summed E-state index contributed by atoms with van der Waals surface area (Å²) in [7, 11) is 0. The minimum atomic E-state index is -0.505. The zero-order chi connectivity index (χ0) is 11.5. The highest BCUT2D eigenvalue weighted by atomic mass is 35.5. The van der Waals surface area contributed by atoms with Gasteiger partial charge in [0.2, 0.25) is 5.91 Å². The molecule has 2 aromatic rings. The minimum absolute atomic E-state index is 0.166. The Morgan fingerprint density at radius 2 is 2.31 bits per heavy atom. The highest BCUT2D eigenvalue weighted by Crippen LogP contribution is 2.21. The molecule has 3 nitrogen and oxygen atoms in total. The maximum atomic E-state index is 11.3. The Morgan fingerprint density at radius 3 is 3.00 bits per heavy atom. The average molecular weight is 255 g/mol. The number of thiazole rings is 1. The summed E-state index contributed by atoms with van der Waals surface area (Å²) in [5.74, 6) is -0.166. The quantitative estimate of drug-likeness (QED) is 0.856. The molecule has 0 saturated carbocycles. The molecule has 1 amide bonds. The number of nitrogens with zero attached hydrogens (tertiary/aromatic N) is 1. The van der Waals surface area contributed by atoms with Gasteiger partial charge in [-0.15, -0.1) is 22.9 Å². The van der Waals surface area contributed by atoms with Crippen molar-refractivity contribution < 1.29 is 4.79 Å². The van der Waals surface area contributed by atoms with E-state index in [4.69, 9.17) is 11.6 Å². The van der Waals surface area contributed by atoms with Crippen LogP contribution in [-0.2, 0) is 11.3 Å². The van der Waals surface area contributed by atoms with Crippen molar-refractivity contribution in [1.82, 2.24) is 10.3 Å². The number of nitrogens with one attached hydrogen (secondary N) is 1. The van der Waals surface area contributed by atoms with E-state index in [1.165, 1.54) is 0 Å². The first-order chi connectivity index (χ1) is 7.66. The lowest BCUT2D eigenvalue weighted by molar-refractivity contribution is -0.120. The van der Waals surface area contributed by atoms with Crippen LogP contribution < -0.4 is 5.32 Å². The Morgan fingerprint density at radius 1 is 1.56 bits per heavy atom. The van der Waals surface area contributed by atoms with Crippen LogP contribution in [0.5, 0.6) is 0 Å². The van der Waals surface area contributed by atoms with Crippen LogP contribution in [0, 0.1) is 0 Å². The minimum Gasteiger partial charge on any atom is -0.348 e. The van der Waals surface area contributed by atoms with Crippen molar-refractivity contribution in [1.29, 1.82) is 0 Å². The lowest BCUT2D eigenvalue weighted by Crippen LogP contribution is -2.28. The molecular weight excluding hydrogens is 244 g/mol. The first-order valence-electron chi connectivity index (χ1n) is 4.93. The topological polar surface area (TPSA) is 42.0 Å². The molecule has 5 heteroatoms. The number of carbonyl (C=O) groups is 1. The van der Waals surface area contributed by atoms with Gasteiger partial charge in [0, 0.05) is 0 Å². The molecule has 2 rings (SSSR count). The van der Waals surface area contributed by atoms with Gasteiger partial charge in [0.05, 0.1) is 16.8 Å². The van der Waals surface area contributed by atoms with Gasteiger partial charge >= 0.3 is 0 Å². The molecule has 1 heterocycles. The van der Waals surface area contributed by atoms with Crippen LogP contribution >= 0.6 is 22.9 Å². The summed E-state index contributed by atoms with van der Waals surface area (Å²) < 4.78 is 1.13. The standard InChI is InChI=1S/C11H11ClN2OS/c1-7(12)11(15)13-6-10-14-8-4-2-3-5-9(8)16-10/h2-5,7H,6H2,1H3,(H,13,15). The Bertz CT molecular complexity index is 476. The number of fused-ring (bicyclic) bond motifs is 1. The maximum Gasteiger partial charge on any atom is 0.238 e. The van der Waals surface area contributed by atoms with E-state index in [0.29, 0.717) is 6.54 Å². The van der Waals surface area contributed by atoms with Gasteiger partial charge < -0.3 is 5.32 Å². The molecule has 1 aromatic heterocycles. The van der Waals surface area contributed by atoms with Crippen molar-refractivity contribution in [2.24, 2.45) is 0 Å². The van der Waals surface area contributed by atoms with Crippen LogP contribution in [0.3, 0.4) is 0 Å². The highest BCUT2D eigenvalue weighted by Gasteiger charge is 2.09. The number of hydrogen-bond acceptors (Lipinski definition) is 3. The second kappa shape index (κ2) is 4.80. The molecule has 1 unspecified atom stereocenters. The molecule has 0 fully saturated rings. The van der Waals surface area contributed by atoms with E-state index in [2.05, 4.69) is 10.3 Å². The number of rotatable bonds is 3. The predicted octanol–water partition coefficient (Wildman–Crippen LogP) is 2.54. The summed E-state index contributed by atoms with van der Waals surface area (Å²) in [6.45, 7) is 2.09. The van der Waals surface area contributed by atoms with Crippen LogP contribution in [0.1, 0.15) is 11.9 Å². The van der Waals surface area contributed by atoms with E-state index in [-0.39, 0.29) is 5.91 Å². The van der Waals surface area contributed by atoms with Crippen LogP contribution in [0.4, 0.5) is 0 Å². The fraction of sp³-hybridized carbons (Fsp3) is 0.273. The maximum absolute atomic E-state index is 11.3. The lowest BCUT2D eigenvalue weighted by atomic mass is 10.3. The average Bonchev–Trinajstić information content (AvgIpc) is 2.68. The van der Waals surface area contributed by atoms with Gasteiger partial charge in [-0.3, -0.25) is 4.79 Å². The molecule has 0 aliphatic heterocycles. The Balaban J connectivity index is 2.07. The summed E-state index contributed by atoms with van der Waals surface area (Å²) in [4.78, 5) is 15.7. The van der Waals surface area contributed by atoms with Gasteiger partial charge in [-0.2, -0.15) is 0 Å². The number of hydrogen-bond donors (Lipinski definition) is 1. The van der Waals surface area contributed by atoms with E-state index in [1.807, 2.05) is 24.3 Å². The Kier molecular flexibility index (Phi) is 3.41. The third kappa shape index (κ3) is 2.51.